The Hall–Kier alpha value is -1.77. The van der Waals surface area contributed by atoms with Gasteiger partial charge in [0.25, 0.3) is 0 Å². The van der Waals surface area contributed by atoms with Crippen molar-refractivity contribution in [3.8, 4) is 5.75 Å². The molecule has 0 saturated carbocycles. The van der Waals surface area contributed by atoms with Gasteiger partial charge in [-0.3, -0.25) is 4.79 Å². The average Bonchev–Trinajstić information content (AvgIpc) is 2.36. The van der Waals surface area contributed by atoms with Crippen LogP contribution < -0.4 is 4.74 Å². The van der Waals surface area contributed by atoms with Gasteiger partial charge in [-0.05, 0) is 19.4 Å². The maximum Gasteiger partial charge on any atom is 0.305 e. The second kappa shape index (κ2) is 7.49. The van der Waals surface area contributed by atoms with Gasteiger partial charge < -0.3 is 9.47 Å². The molecule has 0 aliphatic heterocycles. The van der Waals surface area contributed by atoms with Crippen LogP contribution in [-0.2, 0) is 9.53 Å². The first-order chi connectivity index (χ1) is 8.27. The standard InChI is InChI=1S/C14H18O3/c1-3-7-12-8-4-5-9-13(12)17-11-6-10-14(15)16-2/h3-5,7-9H,6,10-11H2,1-2H3/b7-3+. The minimum absolute atomic E-state index is 0.199. The Bertz CT molecular complexity index is 383. The predicted octanol–water partition coefficient (Wildman–Crippen LogP) is 3.05. The van der Waals surface area contributed by atoms with Crippen LogP contribution in [0.1, 0.15) is 25.3 Å². The minimum atomic E-state index is -0.199. The summed E-state index contributed by atoms with van der Waals surface area (Å²) in [5.41, 5.74) is 1.05. The fraction of sp³-hybridized carbons (Fsp3) is 0.357. The molecular weight excluding hydrogens is 216 g/mol. The number of hydrogen-bond donors (Lipinski definition) is 0. The molecule has 92 valence electrons. The normalized spacial score (nSPS) is 10.5. The number of benzene rings is 1. The second-order valence-corrected chi connectivity index (χ2v) is 3.57. The molecule has 0 fully saturated rings. The topological polar surface area (TPSA) is 35.5 Å². The molecule has 0 heterocycles. The maximum absolute atomic E-state index is 10.9. The zero-order valence-electron chi connectivity index (χ0n) is 10.3. The lowest BCUT2D eigenvalue weighted by atomic mass is 10.2. The van der Waals surface area contributed by atoms with E-state index >= 15 is 0 Å². The number of hydrogen-bond acceptors (Lipinski definition) is 3. The van der Waals surface area contributed by atoms with E-state index in [0.29, 0.717) is 19.4 Å². The van der Waals surface area contributed by atoms with Crippen LogP contribution in [0, 0.1) is 0 Å². The van der Waals surface area contributed by atoms with Crippen LogP contribution in [0.4, 0.5) is 0 Å². The summed E-state index contributed by atoms with van der Waals surface area (Å²) in [5, 5.41) is 0. The van der Waals surface area contributed by atoms with Crippen LogP contribution in [0.15, 0.2) is 30.3 Å². The molecule has 0 atom stereocenters. The highest BCUT2D eigenvalue weighted by Gasteiger charge is 2.02. The summed E-state index contributed by atoms with van der Waals surface area (Å²) in [4.78, 5) is 10.9. The van der Waals surface area contributed by atoms with Crippen molar-refractivity contribution >= 4 is 12.0 Å². The first-order valence-electron chi connectivity index (χ1n) is 5.69. The molecule has 1 aromatic carbocycles. The Morgan fingerprint density at radius 3 is 2.82 bits per heavy atom. The first kappa shape index (κ1) is 13.3. The van der Waals surface area contributed by atoms with Crippen molar-refractivity contribution in [1.82, 2.24) is 0 Å². The van der Waals surface area contributed by atoms with E-state index in [0.717, 1.165) is 11.3 Å². The molecule has 1 rings (SSSR count). The number of methoxy groups -OCH3 is 1. The van der Waals surface area contributed by atoms with Crippen molar-refractivity contribution in [2.45, 2.75) is 19.8 Å². The number of para-hydroxylation sites is 1. The van der Waals surface area contributed by atoms with E-state index in [4.69, 9.17) is 4.74 Å². The molecule has 0 amide bonds. The second-order valence-electron chi connectivity index (χ2n) is 3.57. The summed E-state index contributed by atoms with van der Waals surface area (Å²) in [6.07, 6.45) is 5.02. The van der Waals surface area contributed by atoms with Gasteiger partial charge in [0.2, 0.25) is 0 Å². The molecule has 0 saturated heterocycles. The highest BCUT2D eigenvalue weighted by atomic mass is 16.5. The Balaban J connectivity index is 2.43. The fourth-order valence-electron chi connectivity index (χ4n) is 1.43. The summed E-state index contributed by atoms with van der Waals surface area (Å²) in [6, 6.07) is 7.82. The number of ether oxygens (including phenoxy) is 2. The summed E-state index contributed by atoms with van der Waals surface area (Å²) < 4.78 is 10.2. The molecule has 3 nitrogen and oxygen atoms in total. The molecule has 0 unspecified atom stereocenters. The number of rotatable bonds is 6. The van der Waals surface area contributed by atoms with Gasteiger partial charge in [0.15, 0.2) is 0 Å². The van der Waals surface area contributed by atoms with Gasteiger partial charge in [-0.1, -0.05) is 30.4 Å². The van der Waals surface area contributed by atoms with E-state index in [1.165, 1.54) is 7.11 Å². The lowest BCUT2D eigenvalue weighted by Crippen LogP contribution is -2.05. The smallest absolute Gasteiger partial charge is 0.305 e. The third-order valence-corrected chi connectivity index (χ3v) is 2.28. The number of esters is 1. The van der Waals surface area contributed by atoms with Crippen molar-refractivity contribution in [3.63, 3.8) is 0 Å². The number of carbonyl (C=O) groups excluding carboxylic acids is 1. The average molecular weight is 234 g/mol. The predicted molar refractivity (Wildman–Crippen MR) is 67.9 cm³/mol. The van der Waals surface area contributed by atoms with E-state index in [-0.39, 0.29) is 5.97 Å². The molecule has 0 bridgehead atoms. The SMILES string of the molecule is C/C=C/c1ccccc1OCCCC(=O)OC. The van der Waals surface area contributed by atoms with Crippen LogP contribution in [0.3, 0.4) is 0 Å². The zero-order valence-corrected chi connectivity index (χ0v) is 10.3. The van der Waals surface area contributed by atoms with Gasteiger partial charge in [-0.25, -0.2) is 0 Å². The molecule has 17 heavy (non-hydrogen) atoms. The largest absolute Gasteiger partial charge is 0.493 e. The van der Waals surface area contributed by atoms with Crippen molar-refractivity contribution in [3.05, 3.63) is 35.9 Å². The Morgan fingerprint density at radius 2 is 2.12 bits per heavy atom. The first-order valence-corrected chi connectivity index (χ1v) is 5.69. The van der Waals surface area contributed by atoms with E-state index in [1.807, 2.05) is 43.3 Å². The Kier molecular flexibility index (Phi) is 5.86. The Morgan fingerprint density at radius 1 is 1.35 bits per heavy atom. The van der Waals surface area contributed by atoms with Crippen molar-refractivity contribution in [1.29, 1.82) is 0 Å². The van der Waals surface area contributed by atoms with Gasteiger partial charge in [-0.15, -0.1) is 0 Å². The van der Waals surface area contributed by atoms with E-state index in [2.05, 4.69) is 4.74 Å². The third-order valence-electron chi connectivity index (χ3n) is 2.28. The zero-order chi connectivity index (χ0) is 12.5. The summed E-state index contributed by atoms with van der Waals surface area (Å²) in [7, 11) is 1.39. The van der Waals surface area contributed by atoms with Gasteiger partial charge >= 0.3 is 5.97 Å². The van der Waals surface area contributed by atoms with E-state index < -0.39 is 0 Å². The van der Waals surface area contributed by atoms with Gasteiger partial charge in [0.05, 0.1) is 13.7 Å². The molecular formula is C14H18O3. The third kappa shape index (κ3) is 4.72. The number of allylic oxidation sites excluding steroid dienone is 1. The monoisotopic (exact) mass is 234 g/mol. The summed E-state index contributed by atoms with van der Waals surface area (Å²) in [6.45, 7) is 2.48. The molecule has 0 aromatic heterocycles. The van der Waals surface area contributed by atoms with Crippen LogP contribution in [0.5, 0.6) is 5.75 Å². The maximum atomic E-state index is 10.9. The highest BCUT2D eigenvalue weighted by molar-refractivity contribution is 5.69. The van der Waals surface area contributed by atoms with Crippen molar-refractivity contribution in [2.24, 2.45) is 0 Å². The molecule has 0 aliphatic carbocycles. The van der Waals surface area contributed by atoms with E-state index in [1.54, 1.807) is 0 Å². The van der Waals surface area contributed by atoms with E-state index in [9.17, 15) is 4.79 Å². The number of carbonyl (C=O) groups is 1. The van der Waals surface area contributed by atoms with Crippen molar-refractivity contribution < 1.29 is 14.3 Å². The summed E-state index contributed by atoms with van der Waals surface area (Å²) in [5.74, 6) is 0.644. The molecule has 0 aliphatic rings. The quantitative estimate of drug-likeness (QED) is 0.560. The lowest BCUT2D eigenvalue weighted by molar-refractivity contribution is -0.140. The highest BCUT2D eigenvalue weighted by Crippen LogP contribution is 2.19. The fourth-order valence-corrected chi connectivity index (χ4v) is 1.43. The van der Waals surface area contributed by atoms with Crippen LogP contribution in [0.25, 0.3) is 6.08 Å². The molecule has 0 spiro atoms. The molecule has 3 heteroatoms. The van der Waals surface area contributed by atoms with Gasteiger partial charge in [0, 0.05) is 12.0 Å². The van der Waals surface area contributed by atoms with Crippen LogP contribution in [-0.4, -0.2) is 19.7 Å². The van der Waals surface area contributed by atoms with Crippen molar-refractivity contribution in [2.75, 3.05) is 13.7 Å². The molecule has 0 radical (unpaired) electrons. The lowest BCUT2D eigenvalue weighted by Gasteiger charge is -2.08. The molecule has 0 N–H and O–H groups in total. The minimum Gasteiger partial charge on any atom is -0.493 e. The van der Waals surface area contributed by atoms with Gasteiger partial charge in [-0.2, -0.15) is 0 Å². The Labute approximate surface area is 102 Å². The van der Waals surface area contributed by atoms with Crippen LogP contribution in [0.2, 0.25) is 0 Å². The molecule has 1 aromatic rings. The van der Waals surface area contributed by atoms with Gasteiger partial charge in [0.1, 0.15) is 5.75 Å². The van der Waals surface area contributed by atoms with Crippen LogP contribution >= 0.6 is 0 Å². The summed E-state index contributed by atoms with van der Waals surface area (Å²) >= 11 is 0.